The molecule has 3 aromatic rings. The van der Waals surface area contributed by atoms with Crippen molar-refractivity contribution in [2.75, 3.05) is 19.7 Å². The maximum absolute atomic E-state index is 13.9. The van der Waals surface area contributed by atoms with E-state index in [0.29, 0.717) is 12.4 Å². The van der Waals surface area contributed by atoms with Crippen molar-refractivity contribution in [3.63, 3.8) is 0 Å². The summed E-state index contributed by atoms with van der Waals surface area (Å²) in [5, 5.41) is 4.85. The molecule has 2 heterocycles. The lowest BCUT2D eigenvalue weighted by molar-refractivity contribution is 0.293. The van der Waals surface area contributed by atoms with Crippen LogP contribution in [0.3, 0.4) is 0 Å². The highest BCUT2D eigenvalue weighted by Gasteiger charge is 2.16. The van der Waals surface area contributed by atoms with Gasteiger partial charge in [0.25, 0.3) is 0 Å². The molecule has 1 aromatic heterocycles. The number of ether oxygens (including phenoxy) is 1. The average molecular weight is 352 g/mol. The quantitative estimate of drug-likeness (QED) is 0.671. The van der Waals surface area contributed by atoms with E-state index in [2.05, 4.69) is 28.5 Å². The summed E-state index contributed by atoms with van der Waals surface area (Å²) >= 11 is 0. The van der Waals surface area contributed by atoms with Gasteiger partial charge in [-0.3, -0.25) is 0 Å². The Hall–Kier alpha value is -2.33. The minimum atomic E-state index is -0.282. The fraction of sp³-hybridized carbons (Fsp3) is 0.364. The van der Waals surface area contributed by atoms with E-state index in [4.69, 9.17) is 4.74 Å². The number of aromatic nitrogens is 1. The Balaban J connectivity index is 1.48. The minimum Gasteiger partial charge on any atom is -0.490 e. The van der Waals surface area contributed by atoms with Gasteiger partial charge in [0.15, 0.2) is 11.6 Å². The van der Waals surface area contributed by atoms with Crippen LogP contribution in [0, 0.1) is 12.7 Å². The first-order valence-corrected chi connectivity index (χ1v) is 9.44. The van der Waals surface area contributed by atoms with Crippen molar-refractivity contribution < 1.29 is 9.13 Å². The molecule has 0 unspecified atom stereocenters. The van der Waals surface area contributed by atoms with Crippen molar-refractivity contribution >= 4 is 10.9 Å². The summed E-state index contributed by atoms with van der Waals surface area (Å²) in [4.78, 5) is 3.61. The molecule has 0 bridgehead atoms. The van der Waals surface area contributed by atoms with Crippen molar-refractivity contribution in [1.82, 2.24) is 10.3 Å². The normalized spacial score (nSPS) is 14.2. The maximum atomic E-state index is 13.9. The average Bonchev–Trinajstić information content (AvgIpc) is 2.83. The van der Waals surface area contributed by atoms with Crippen LogP contribution in [-0.4, -0.2) is 24.7 Å². The van der Waals surface area contributed by atoms with Crippen LogP contribution in [0.25, 0.3) is 10.9 Å². The van der Waals surface area contributed by atoms with E-state index in [9.17, 15) is 4.39 Å². The standard InChI is InChI=1S/C22H25FN2O/c1-15-5-2-8-18(23)22(15)26-14-4-7-16-6-3-9-20-21(16)17-10-12-24-13-11-19(17)25-20/h2-3,5-6,8-9,24-25H,4,7,10-14H2,1H3. The first-order chi connectivity index (χ1) is 12.7. The SMILES string of the molecule is Cc1cccc(F)c1OCCCc1cccc2[nH]c3c(c12)CCNCC3. The molecule has 0 amide bonds. The maximum Gasteiger partial charge on any atom is 0.165 e. The zero-order valence-corrected chi connectivity index (χ0v) is 15.2. The van der Waals surface area contributed by atoms with Crippen LogP contribution in [-0.2, 0) is 19.3 Å². The van der Waals surface area contributed by atoms with Gasteiger partial charge >= 0.3 is 0 Å². The van der Waals surface area contributed by atoms with Crippen LogP contribution in [0.4, 0.5) is 4.39 Å². The van der Waals surface area contributed by atoms with Gasteiger partial charge in [-0.15, -0.1) is 0 Å². The Morgan fingerprint density at radius 3 is 2.81 bits per heavy atom. The van der Waals surface area contributed by atoms with Crippen LogP contribution in [0.1, 0.15) is 28.8 Å². The van der Waals surface area contributed by atoms with E-state index in [-0.39, 0.29) is 5.82 Å². The van der Waals surface area contributed by atoms with Crippen LogP contribution < -0.4 is 10.1 Å². The highest BCUT2D eigenvalue weighted by atomic mass is 19.1. The van der Waals surface area contributed by atoms with Crippen molar-refractivity contribution in [2.24, 2.45) is 0 Å². The van der Waals surface area contributed by atoms with Crippen molar-refractivity contribution in [3.8, 4) is 5.75 Å². The number of aryl methyl sites for hydroxylation is 2. The van der Waals surface area contributed by atoms with Gasteiger partial charge in [0, 0.05) is 29.6 Å². The molecular weight excluding hydrogens is 327 g/mol. The van der Waals surface area contributed by atoms with Gasteiger partial charge in [0.2, 0.25) is 0 Å². The van der Waals surface area contributed by atoms with E-state index in [1.165, 1.54) is 33.8 Å². The van der Waals surface area contributed by atoms with Gasteiger partial charge in [0.05, 0.1) is 6.61 Å². The predicted octanol–water partition coefficient (Wildman–Crippen LogP) is 4.32. The predicted molar refractivity (Wildman–Crippen MR) is 104 cm³/mol. The summed E-state index contributed by atoms with van der Waals surface area (Å²) in [6.07, 6.45) is 3.92. The number of benzene rings is 2. The lowest BCUT2D eigenvalue weighted by Gasteiger charge is -2.11. The molecule has 136 valence electrons. The summed E-state index contributed by atoms with van der Waals surface area (Å²) < 4.78 is 19.6. The van der Waals surface area contributed by atoms with Gasteiger partial charge < -0.3 is 15.0 Å². The molecule has 1 aliphatic rings. The Kier molecular flexibility index (Phi) is 4.93. The second kappa shape index (κ2) is 7.50. The number of H-pyrrole nitrogens is 1. The summed E-state index contributed by atoms with van der Waals surface area (Å²) in [5.41, 5.74) is 6.27. The van der Waals surface area contributed by atoms with Gasteiger partial charge in [-0.25, -0.2) is 4.39 Å². The molecule has 0 saturated carbocycles. The van der Waals surface area contributed by atoms with Gasteiger partial charge in [-0.1, -0.05) is 24.3 Å². The third kappa shape index (κ3) is 3.34. The van der Waals surface area contributed by atoms with Crippen LogP contribution in [0.5, 0.6) is 5.75 Å². The first-order valence-electron chi connectivity index (χ1n) is 9.44. The van der Waals surface area contributed by atoms with E-state index in [0.717, 1.165) is 44.3 Å². The highest BCUT2D eigenvalue weighted by Crippen LogP contribution is 2.29. The highest BCUT2D eigenvalue weighted by molar-refractivity contribution is 5.88. The number of halogens is 1. The number of nitrogens with one attached hydrogen (secondary N) is 2. The second-order valence-electron chi connectivity index (χ2n) is 7.01. The number of rotatable bonds is 5. The third-order valence-corrected chi connectivity index (χ3v) is 5.21. The van der Waals surface area contributed by atoms with Crippen LogP contribution in [0.2, 0.25) is 0 Å². The van der Waals surface area contributed by atoms with Gasteiger partial charge in [0.1, 0.15) is 0 Å². The first kappa shape index (κ1) is 17.1. The molecule has 0 atom stereocenters. The number of fused-ring (bicyclic) bond motifs is 3. The molecule has 0 radical (unpaired) electrons. The zero-order valence-electron chi connectivity index (χ0n) is 15.2. The van der Waals surface area contributed by atoms with E-state index >= 15 is 0 Å². The molecule has 4 heteroatoms. The molecule has 2 aromatic carbocycles. The number of para-hydroxylation sites is 1. The molecule has 0 fully saturated rings. The molecule has 26 heavy (non-hydrogen) atoms. The smallest absolute Gasteiger partial charge is 0.165 e. The van der Waals surface area contributed by atoms with E-state index in [1.54, 1.807) is 6.07 Å². The van der Waals surface area contributed by atoms with Crippen molar-refractivity contribution in [3.05, 3.63) is 64.6 Å². The zero-order chi connectivity index (χ0) is 17.9. The van der Waals surface area contributed by atoms with E-state index in [1.807, 2.05) is 13.0 Å². The molecule has 0 spiro atoms. The molecule has 4 rings (SSSR count). The Bertz CT molecular complexity index is 896. The van der Waals surface area contributed by atoms with Crippen molar-refractivity contribution in [2.45, 2.75) is 32.6 Å². The van der Waals surface area contributed by atoms with Crippen molar-refractivity contribution in [1.29, 1.82) is 0 Å². The summed E-state index contributed by atoms with van der Waals surface area (Å²) in [6, 6.07) is 11.5. The molecule has 3 nitrogen and oxygen atoms in total. The number of hydrogen-bond acceptors (Lipinski definition) is 2. The monoisotopic (exact) mass is 352 g/mol. The lowest BCUT2D eigenvalue weighted by atomic mass is 9.99. The second-order valence-corrected chi connectivity index (χ2v) is 7.01. The summed E-state index contributed by atoms with van der Waals surface area (Å²) in [6.45, 7) is 4.46. The molecular formula is C22H25FN2O. The number of hydrogen-bond donors (Lipinski definition) is 2. The largest absolute Gasteiger partial charge is 0.490 e. The third-order valence-electron chi connectivity index (χ3n) is 5.21. The fourth-order valence-corrected chi connectivity index (χ4v) is 3.94. The lowest BCUT2D eigenvalue weighted by Crippen LogP contribution is -2.16. The fourth-order valence-electron chi connectivity index (χ4n) is 3.94. The molecule has 1 aliphatic heterocycles. The topological polar surface area (TPSA) is 37.0 Å². The van der Waals surface area contributed by atoms with Crippen LogP contribution in [0.15, 0.2) is 36.4 Å². The van der Waals surface area contributed by atoms with Gasteiger partial charge in [-0.2, -0.15) is 0 Å². The molecule has 2 N–H and O–H groups in total. The van der Waals surface area contributed by atoms with Gasteiger partial charge in [-0.05, 0) is 61.6 Å². The van der Waals surface area contributed by atoms with Crippen LogP contribution >= 0.6 is 0 Å². The summed E-state index contributed by atoms with van der Waals surface area (Å²) in [5.74, 6) is 0.0999. The molecule has 0 saturated heterocycles. The Morgan fingerprint density at radius 1 is 1.08 bits per heavy atom. The minimum absolute atomic E-state index is 0.282. The van der Waals surface area contributed by atoms with E-state index < -0.39 is 0 Å². The number of aromatic amines is 1. The molecule has 0 aliphatic carbocycles. The Morgan fingerprint density at radius 2 is 1.92 bits per heavy atom. The Labute approximate surface area is 153 Å². The summed E-state index contributed by atoms with van der Waals surface area (Å²) in [7, 11) is 0.